The predicted octanol–water partition coefficient (Wildman–Crippen LogP) is 14.1. The minimum atomic E-state index is 0.719. The van der Waals surface area contributed by atoms with Crippen LogP contribution in [0.1, 0.15) is 0 Å². The molecular weight excluding hydrogens is 765 g/mol. The van der Waals surface area contributed by atoms with Gasteiger partial charge in [0.15, 0.2) is 0 Å². The summed E-state index contributed by atoms with van der Waals surface area (Å²) in [6.45, 7) is 0. The predicted molar refractivity (Wildman–Crippen MR) is 255 cm³/mol. The first-order valence-corrected chi connectivity index (χ1v) is 20.6. The van der Waals surface area contributed by atoms with Gasteiger partial charge >= 0.3 is 0 Å². The van der Waals surface area contributed by atoms with Crippen molar-refractivity contribution in [3.8, 4) is 67.8 Å². The van der Waals surface area contributed by atoms with Gasteiger partial charge in [-0.25, -0.2) is 9.97 Å². The molecule has 11 rings (SSSR count). The fourth-order valence-electron chi connectivity index (χ4n) is 9.38. The zero-order valence-electron chi connectivity index (χ0n) is 34.7. The average Bonchev–Trinajstić information content (AvgIpc) is 3.34. The van der Waals surface area contributed by atoms with Crippen LogP contribution >= 0.6 is 0 Å². The Labute approximate surface area is 358 Å². The second-order valence-electron chi connectivity index (χ2n) is 15.4. The maximum absolute atomic E-state index is 6.44. The van der Waals surface area contributed by atoms with Crippen molar-refractivity contribution in [3.63, 3.8) is 0 Å². The lowest BCUT2D eigenvalue weighted by atomic mass is 9.89. The van der Waals surface area contributed by atoms with E-state index in [1.165, 1.54) is 0 Å². The summed E-state index contributed by atoms with van der Waals surface area (Å²) in [5.41, 5.74) is 8.72. The van der Waals surface area contributed by atoms with Gasteiger partial charge in [0.2, 0.25) is 0 Å². The van der Waals surface area contributed by atoms with Crippen LogP contribution < -0.4 is 18.9 Å². The second kappa shape index (κ2) is 14.9. The summed E-state index contributed by atoms with van der Waals surface area (Å²) in [6.07, 6.45) is 0. The maximum Gasteiger partial charge on any atom is 0.136 e. The number of aromatic nitrogens is 2. The molecule has 0 saturated heterocycles. The molecule has 62 heavy (non-hydrogen) atoms. The summed E-state index contributed by atoms with van der Waals surface area (Å²) < 4.78 is 25.0. The van der Waals surface area contributed by atoms with Gasteiger partial charge in [-0.15, -0.1) is 0 Å². The van der Waals surface area contributed by atoms with Gasteiger partial charge in [-0.2, -0.15) is 0 Å². The van der Waals surface area contributed by atoms with Gasteiger partial charge in [0.25, 0.3) is 0 Å². The number of benzene rings is 9. The number of fused-ring (bicyclic) bond motifs is 7. The summed E-state index contributed by atoms with van der Waals surface area (Å²) in [6, 6.07) is 58.9. The molecule has 0 aliphatic carbocycles. The van der Waals surface area contributed by atoms with Gasteiger partial charge in [0, 0.05) is 44.2 Å². The van der Waals surface area contributed by atoms with Gasteiger partial charge in [-0.1, -0.05) is 133 Å². The molecular formula is C56H40N2O4. The van der Waals surface area contributed by atoms with Crippen LogP contribution in [0, 0.1) is 0 Å². The Kier molecular flexibility index (Phi) is 8.94. The zero-order chi connectivity index (χ0) is 41.9. The fourth-order valence-corrected chi connectivity index (χ4v) is 9.38. The van der Waals surface area contributed by atoms with Crippen molar-refractivity contribution in [2.45, 2.75) is 0 Å². The SMILES string of the molecule is COc1ccc2ccccc2c1-c1c(OC)c(-c2ccc3ccc4ccc(-c5cc6ccccc6c(-c6c(OC)ccc7ccccc67)c5OC)nc4c3n2)cc2ccccc12. The molecule has 0 atom stereocenters. The molecule has 0 radical (unpaired) electrons. The number of pyridine rings is 2. The van der Waals surface area contributed by atoms with Crippen LogP contribution in [0.4, 0.5) is 0 Å². The quantitative estimate of drug-likeness (QED) is 0.143. The third kappa shape index (κ3) is 5.79. The molecule has 298 valence electrons. The highest BCUT2D eigenvalue weighted by atomic mass is 16.5. The monoisotopic (exact) mass is 804 g/mol. The van der Waals surface area contributed by atoms with E-state index in [9.17, 15) is 0 Å². The van der Waals surface area contributed by atoms with Crippen molar-refractivity contribution in [1.29, 1.82) is 0 Å². The van der Waals surface area contributed by atoms with E-state index in [-0.39, 0.29) is 0 Å². The number of rotatable bonds is 8. The molecule has 11 aromatic rings. The number of methoxy groups -OCH3 is 4. The van der Waals surface area contributed by atoms with Gasteiger partial charge in [-0.3, -0.25) is 0 Å². The van der Waals surface area contributed by atoms with Gasteiger partial charge in [0.05, 0.1) is 50.9 Å². The van der Waals surface area contributed by atoms with Crippen LogP contribution in [-0.4, -0.2) is 38.4 Å². The molecule has 6 nitrogen and oxygen atoms in total. The molecule has 0 aliphatic heterocycles. The van der Waals surface area contributed by atoms with Crippen LogP contribution in [0.15, 0.2) is 170 Å². The van der Waals surface area contributed by atoms with E-state index < -0.39 is 0 Å². The first-order valence-electron chi connectivity index (χ1n) is 20.6. The molecule has 2 aromatic heterocycles. The number of nitrogens with zero attached hydrogens (tertiary/aromatic N) is 2. The van der Waals surface area contributed by atoms with Crippen molar-refractivity contribution in [2.75, 3.05) is 28.4 Å². The minimum Gasteiger partial charge on any atom is -0.496 e. The third-order valence-electron chi connectivity index (χ3n) is 12.2. The molecule has 6 heteroatoms. The standard InChI is InChI=1S/C56H40N2O4/c1-59-47-29-25-33-13-5-9-17-39(33)49(47)51-41-19-11-7-15-37(41)31-43(55(51)61-3)45-27-23-35-21-22-36-24-28-46(58-54(36)53(35)57-45)44-32-38-16-8-12-20-42(38)52(56(44)62-4)50-40-18-10-6-14-34(40)26-30-48(50)60-2/h5-32H,1-4H3. The lowest BCUT2D eigenvalue weighted by molar-refractivity contribution is 0.412. The molecule has 0 unspecified atom stereocenters. The van der Waals surface area contributed by atoms with E-state index in [1.54, 1.807) is 28.4 Å². The number of hydrogen-bond acceptors (Lipinski definition) is 6. The minimum absolute atomic E-state index is 0.719. The fraction of sp³-hybridized carbons (Fsp3) is 0.0714. The van der Waals surface area contributed by atoms with Crippen LogP contribution in [0.2, 0.25) is 0 Å². The molecule has 2 heterocycles. The molecule has 9 aromatic carbocycles. The highest BCUT2D eigenvalue weighted by Crippen LogP contribution is 2.51. The van der Waals surface area contributed by atoms with Crippen molar-refractivity contribution < 1.29 is 18.9 Å². The van der Waals surface area contributed by atoms with E-state index in [0.29, 0.717) is 0 Å². The summed E-state index contributed by atoms with van der Waals surface area (Å²) >= 11 is 0. The Hall–Kier alpha value is -7.96. The van der Waals surface area contributed by atoms with Crippen LogP contribution in [0.5, 0.6) is 23.0 Å². The maximum atomic E-state index is 6.44. The van der Waals surface area contributed by atoms with Crippen molar-refractivity contribution in [3.05, 3.63) is 170 Å². The second-order valence-corrected chi connectivity index (χ2v) is 15.4. The lowest BCUT2D eigenvalue weighted by Gasteiger charge is -2.21. The van der Waals surface area contributed by atoms with Crippen LogP contribution in [-0.2, 0) is 0 Å². The Morgan fingerprint density at radius 3 is 1.03 bits per heavy atom. The van der Waals surface area contributed by atoms with Crippen molar-refractivity contribution >= 4 is 64.9 Å². The first kappa shape index (κ1) is 37.1. The molecule has 0 N–H and O–H groups in total. The van der Waals surface area contributed by atoms with Crippen molar-refractivity contribution in [1.82, 2.24) is 9.97 Å². The third-order valence-corrected chi connectivity index (χ3v) is 12.2. The largest absolute Gasteiger partial charge is 0.496 e. The normalized spacial score (nSPS) is 11.5. The van der Waals surface area contributed by atoms with E-state index in [1.807, 2.05) is 12.1 Å². The highest BCUT2D eigenvalue weighted by molar-refractivity contribution is 6.14. The summed E-state index contributed by atoms with van der Waals surface area (Å²) in [5, 5.41) is 10.6. The Morgan fingerprint density at radius 2 is 0.645 bits per heavy atom. The van der Waals surface area contributed by atoms with Crippen molar-refractivity contribution in [2.24, 2.45) is 0 Å². The van der Waals surface area contributed by atoms with E-state index in [2.05, 4.69) is 158 Å². The summed E-state index contributed by atoms with van der Waals surface area (Å²) in [5.74, 6) is 2.97. The summed E-state index contributed by atoms with van der Waals surface area (Å²) in [4.78, 5) is 10.9. The molecule has 0 amide bonds. The van der Waals surface area contributed by atoms with Gasteiger partial charge in [-0.05, 0) is 79.5 Å². The zero-order valence-corrected chi connectivity index (χ0v) is 34.7. The lowest BCUT2D eigenvalue weighted by Crippen LogP contribution is -1.99. The first-order chi connectivity index (χ1) is 30.6. The van der Waals surface area contributed by atoms with E-state index in [0.717, 1.165) is 133 Å². The van der Waals surface area contributed by atoms with E-state index >= 15 is 0 Å². The summed E-state index contributed by atoms with van der Waals surface area (Å²) in [7, 11) is 6.91. The molecule has 0 fully saturated rings. The Morgan fingerprint density at radius 1 is 0.306 bits per heavy atom. The van der Waals surface area contributed by atoms with Gasteiger partial charge < -0.3 is 18.9 Å². The molecule has 0 saturated carbocycles. The molecule has 0 bridgehead atoms. The number of hydrogen-bond donors (Lipinski definition) is 0. The highest BCUT2D eigenvalue weighted by Gasteiger charge is 2.25. The van der Waals surface area contributed by atoms with Crippen LogP contribution in [0.3, 0.4) is 0 Å². The Balaban J connectivity index is 1.16. The Bertz CT molecular complexity index is 3360. The topological polar surface area (TPSA) is 62.7 Å². The van der Waals surface area contributed by atoms with E-state index in [4.69, 9.17) is 28.9 Å². The van der Waals surface area contributed by atoms with Gasteiger partial charge in [0.1, 0.15) is 23.0 Å². The van der Waals surface area contributed by atoms with Crippen LogP contribution in [0.25, 0.3) is 110 Å². The average molecular weight is 805 g/mol. The number of ether oxygens (including phenoxy) is 4. The molecule has 0 aliphatic rings. The smallest absolute Gasteiger partial charge is 0.136 e. The molecule has 0 spiro atoms.